The first-order valence-electron chi connectivity index (χ1n) is 6.61. The summed E-state index contributed by atoms with van der Waals surface area (Å²) in [5.74, 6) is 1.13. The normalized spacial score (nSPS) is 13.2. The van der Waals surface area contributed by atoms with Gasteiger partial charge in [0.2, 0.25) is 0 Å². The van der Waals surface area contributed by atoms with E-state index in [2.05, 4.69) is 61.2 Å². The number of benzene rings is 1. The minimum absolute atomic E-state index is 0.518. The number of para-hydroxylation sites is 1. The fourth-order valence-corrected chi connectivity index (χ4v) is 2.31. The maximum atomic E-state index is 5.81. The molecule has 0 aliphatic carbocycles. The first-order chi connectivity index (χ1) is 8.63. The van der Waals surface area contributed by atoms with E-state index in [1.165, 1.54) is 16.6 Å². The molecule has 1 unspecified atom stereocenters. The number of nitrogens with one attached hydrogen (secondary N) is 1. The Morgan fingerprint density at radius 1 is 1.28 bits per heavy atom. The third-order valence-electron chi connectivity index (χ3n) is 3.70. The number of hydrogen-bond acceptors (Lipinski definition) is 2. The van der Waals surface area contributed by atoms with Gasteiger partial charge in [-0.3, -0.25) is 0 Å². The van der Waals surface area contributed by atoms with Crippen LogP contribution >= 0.6 is 0 Å². The van der Waals surface area contributed by atoms with Crippen LogP contribution in [0.15, 0.2) is 30.5 Å². The van der Waals surface area contributed by atoms with E-state index in [-0.39, 0.29) is 0 Å². The average molecular weight is 245 g/mol. The smallest absolute Gasteiger partial charge is 0.0600 e. The molecule has 0 fully saturated rings. The molecule has 0 amide bonds. The van der Waals surface area contributed by atoms with Gasteiger partial charge in [-0.05, 0) is 24.4 Å². The highest BCUT2D eigenvalue weighted by atomic mass is 15.0. The molecule has 18 heavy (non-hydrogen) atoms. The number of nitrogens with zero attached hydrogens (tertiary/aromatic N) is 1. The summed E-state index contributed by atoms with van der Waals surface area (Å²) in [6.45, 7) is 6.11. The van der Waals surface area contributed by atoms with Crippen molar-refractivity contribution in [3.05, 3.63) is 30.5 Å². The number of nitrogens with two attached hydrogens (primary N) is 1. The standard InChI is InChI=1S/C15H23N3/c1-11(2)12(8-16)9-17-14-10-18(3)15-7-5-4-6-13(14)15/h4-7,10-12,17H,8-9,16H2,1-3H3. The first kappa shape index (κ1) is 13.0. The van der Waals surface area contributed by atoms with E-state index in [1.54, 1.807) is 0 Å². The Balaban J connectivity index is 2.17. The lowest BCUT2D eigenvalue weighted by Gasteiger charge is -2.19. The lowest BCUT2D eigenvalue weighted by atomic mass is 9.96. The van der Waals surface area contributed by atoms with Crippen LogP contribution in [0.1, 0.15) is 13.8 Å². The van der Waals surface area contributed by atoms with E-state index >= 15 is 0 Å². The molecular weight excluding hydrogens is 222 g/mol. The van der Waals surface area contributed by atoms with Gasteiger partial charge in [0.15, 0.2) is 0 Å². The summed E-state index contributed by atoms with van der Waals surface area (Å²) in [5, 5.41) is 4.82. The largest absolute Gasteiger partial charge is 0.383 e. The van der Waals surface area contributed by atoms with Gasteiger partial charge in [-0.25, -0.2) is 0 Å². The topological polar surface area (TPSA) is 43.0 Å². The van der Waals surface area contributed by atoms with Crippen molar-refractivity contribution in [3.8, 4) is 0 Å². The van der Waals surface area contributed by atoms with Gasteiger partial charge in [0, 0.05) is 30.7 Å². The summed E-state index contributed by atoms with van der Waals surface area (Å²) in [7, 11) is 2.08. The number of fused-ring (bicyclic) bond motifs is 1. The van der Waals surface area contributed by atoms with Crippen LogP contribution in [0.4, 0.5) is 5.69 Å². The summed E-state index contributed by atoms with van der Waals surface area (Å²) in [5.41, 5.74) is 8.27. The molecule has 98 valence electrons. The van der Waals surface area contributed by atoms with E-state index in [0.717, 1.165) is 13.1 Å². The van der Waals surface area contributed by atoms with E-state index < -0.39 is 0 Å². The molecule has 1 aromatic heterocycles. The summed E-state index contributed by atoms with van der Waals surface area (Å²) >= 11 is 0. The molecule has 3 heteroatoms. The van der Waals surface area contributed by atoms with Crippen molar-refractivity contribution in [1.29, 1.82) is 0 Å². The fourth-order valence-electron chi connectivity index (χ4n) is 2.31. The average Bonchev–Trinajstić information content (AvgIpc) is 2.68. The van der Waals surface area contributed by atoms with Crippen molar-refractivity contribution in [2.75, 3.05) is 18.4 Å². The zero-order chi connectivity index (χ0) is 13.1. The van der Waals surface area contributed by atoms with Gasteiger partial charge in [-0.2, -0.15) is 0 Å². The second-order valence-corrected chi connectivity index (χ2v) is 5.29. The van der Waals surface area contributed by atoms with Crippen molar-refractivity contribution in [2.24, 2.45) is 24.6 Å². The molecular formula is C15H23N3. The molecule has 1 atom stereocenters. The quantitative estimate of drug-likeness (QED) is 0.850. The van der Waals surface area contributed by atoms with Crippen molar-refractivity contribution in [3.63, 3.8) is 0 Å². The zero-order valence-electron chi connectivity index (χ0n) is 11.5. The molecule has 2 aromatic rings. The minimum atomic E-state index is 0.518. The van der Waals surface area contributed by atoms with Crippen LogP contribution in [-0.2, 0) is 7.05 Å². The molecule has 3 N–H and O–H groups in total. The summed E-state index contributed by atoms with van der Waals surface area (Å²) < 4.78 is 2.16. The Hall–Kier alpha value is -1.48. The van der Waals surface area contributed by atoms with Crippen molar-refractivity contribution in [1.82, 2.24) is 4.57 Å². The molecule has 0 aliphatic heterocycles. The molecule has 0 saturated carbocycles. The Labute approximate surface area is 109 Å². The van der Waals surface area contributed by atoms with Gasteiger partial charge in [0.05, 0.1) is 5.69 Å². The molecule has 2 rings (SSSR count). The highest BCUT2D eigenvalue weighted by molar-refractivity contribution is 5.92. The summed E-state index contributed by atoms with van der Waals surface area (Å²) in [6, 6.07) is 8.45. The van der Waals surface area contributed by atoms with Gasteiger partial charge in [-0.1, -0.05) is 32.0 Å². The molecule has 1 aromatic carbocycles. The van der Waals surface area contributed by atoms with Gasteiger partial charge in [-0.15, -0.1) is 0 Å². The Morgan fingerprint density at radius 3 is 2.67 bits per heavy atom. The number of anilines is 1. The molecule has 1 heterocycles. The van der Waals surface area contributed by atoms with E-state index in [1.807, 2.05) is 0 Å². The SMILES string of the molecule is CC(C)C(CN)CNc1cn(C)c2ccccc12. The number of rotatable bonds is 5. The van der Waals surface area contributed by atoms with Gasteiger partial charge < -0.3 is 15.6 Å². The predicted molar refractivity (Wildman–Crippen MR) is 78.8 cm³/mol. The van der Waals surface area contributed by atoms with Crippen molar-refractivity contribution >= 4 is 16.6 Å². The second kappa shape index (κ2) is 5.44. The fraction of sp³-hybridized carbons (Fsp3) is 0.467. The number of aromatic nitrogens is 1. The highest BCUT2D eigenvalue weighted by Crippen LogP contribution is 2.25. The van der Waals surface area contributed by atoms with Crippen LogP contribution in [0.2, 0.25) is 0 Å². The Bertz CT molecular complexity index is 513. The Morgan fingerprint density at radius 2 is 2.00 bits per heavy atom. The minimum Gasteiger partial charge on any atom is -0.383 e. The van der Waals surface area contributed by atoms with Crippen LogP contribution in [0.25, 0.3) is 10.9 Å². The van der Waals surface area contributed by atoms with Crippen LogP contribution in [-0.4, -0.2) is 17.7 Å². The number of aryl methyl sites for hydroxylation is 1. The molecule has 0 radical (unpaired) electrons. The second-order valence-electron chi connectivity index (χ2n) is 5.29. The summed E-state index contributed by atoms with van der Waals surface area (Å²) in [6.07, 6.45) is 2.15. The third kappa shape index (κ3) is 2.51. The maximum absolute atomic E-state index is 5.81. The van der Waals surface area contributed by atoms with E-state index in [4.69, 9.17) is 5.73 Å². The van der Waals surface area contributed by atoms with Crippen LogP contribution < -0.4 is 11.1 Å². The third-order valence-corrected chi connectivity index (χ3v) is 3.70. The van der Waals surface area contributed by atoms with E-state index in [0.29, 0.717) is 11.8 Å². The molecule has 3 nitrogen and oxygen atoms in total. The van der Waals surface area contributed by atoms with Gasteiger partial charge >= 0.3 is 0 Å². The molecule has 0 spiro atoms. The van der Waals surface area contributed by atoms with Crippen LogP contribution in [0, 0.1) is 11.8 Å². The van der Waals surface area contributed by atoms with Crippen molar-refractivity contribution in [2.45, 2.75) is 13.8 Å². The van der Waals surface area contributed by atoms with Gasteiger partial charge in [0.1, 0.15) is 0 Å². The van der Waals surface area contributed by atoms with Crippen LogP contribution in [0.5, 0.6) is 0 Å². The highest BCUT2D eigenvalue weighted by Gasteiger charge is 2.12. The first-order valence-corrected chi connectivity index (χ1v) is 6.61. The predicted octanol–water partition coefficient (Wildman–Crippen LogP) is 2.82. The molecule has 0 saturated heterocycles. The van der Waals surface area contributed by atoms with Crippen LogP contribution in [0.3, 0.4) is 0 Å². The zero-order valence-corrected chi connectivity index (χ0v) is 11.5. The lowest BCUT2D eigenvalue weighted by molar-refractivity contribution is 0.413. The Kier molecular flexibility index (Phi) is 3.92. The monoisotopic (exact) mass is 245 g/mol. The van der Waals surface area contributed by atoms with Gasteiger partial charge in [0.25, 0.3) is 0 Å². The molecule has 0 aliphatic rings. The number of hydrogen-bond donors (Lipinski definition) is 2. The summed E-state index contributed by atoms with van der Waals surface area (Å²) in [4.78, 5) is 0. The maximum Gasteiger partial charge on any atom is 0.0600 e. The van der Waals surface area contributed by atoms with Crippen molar-refractivity contribution < 1.29 is 0 Å². The van der Waals surface area contributed by atoms with E-state index in [9.17, 15) is 0 Å². The molecule has 0 bridgehead atoms. The lowest BCUT2D eigenvalue weighted by Crippen LogP contribution is -2.27.